The molecule has 294 valence electrons. The molecule has 4 fully saturated rings. The maximum absolute atomic E-state index is 13.8. The second-order valence-corrected chi connectivity index (χ2v) is 15.5. The minimum absolute atomic E-state index is 0.0328. The van der Waals surface area contributed by atoms with Gasteiger partial charge in [0.15, 0.2) is 10.8 Å². The van der Waals surface area contributed by atoms with Crippen LogP contribution in [0.3, 0.4) is 0 Å². The van der Waals surface area contributed by atoms with Gasteiger partial charge in [-0.05, 0) is 100 Å². The fourth-order valence-corrected chi connectivity index (χ4v) is 8.74. The van der Waals surface area contributed by atoms with E-state index in [2.05, 4.69) is 28.6 Å². The Morgan fingerprint density at radius 1 is 1.04 bits per heavy atom. The summed E-state index contributed by atoms with van der Waals surface area (Å²) < 4.78 is 47.3. The molecule has 2 aliphatic heterocycles. The zero-order valence-corrected chi connectivity index (χ0v) is 31.5. The van der Waals surface area contributed by atoms with Crippen LogP contribution in [-0.4, -0.2) is 91.4 Å². The van der Waals surface area contributed by atoms with Gasteiger partial charge in [-0.15, -0.1) is 0 Å². The van der Waals surface area contributed by atoms with E-state index in [1.165, 1.54) is 24.3 Å². The summed E-state index contributed by atoms with van der Waals surface area (Å²) >= 11 is 5.74. The molecule has 0 bridgehead atoms. The number of piperidine rings is 1. The largest absolute Gasteiger partial charge is 0.490 e. The molecular weight excluding hydrogens is 752 g/mol. The van der Waals surface area contributed by atoms with Crippen molar-refractivity contribution >= 4 is 52.4 Å². The number of nitrogens with zero attached hydrogens (tertiary/aromatic N) is 7. The maximum Gasteiger partial charge on any atom is 0.419 e. The van der Waals surface area contributed by atoms with Gasteiger partial charge >= 0.3 is 18.1 Å². The van der Waals surface area contributed by atoms with Gasteiger partial charge in [-0.2, -0.15) is 18.4 Å². The Balaban J connectivity index is 0.959. The van der Waals surface area contributed by atoms with Crippen molar-refractivity contribution in [1.82, 2.24) is 14.9 Å². The number of anilines is 3. The number of benzene rings is 1. The summed E-state index contributed by atoms with van der Waals surface area (Å²) in [5.74, 6) is -1.48. The number of nitriles is 1. The number of carboxylic acid groups (broad SMARTS) is 2. The topological polar surface area (TPSA) is 163 Å². The summed E-state index contributed by atoms with van der Waals surface area (Å²) in [5.41, 5.74) is -3.21. The Morgan fingerprint density at radius 3 is 2.27 bits per heavy atom. The van der Waals surface area contributed by atoms with Gasteiger partial charge in [0.2, 0.25) is 0 Å². The van der Waals surface area contributed by atoms with Crippen LogP contribution in [0, 0.1) is 17.2 Å². The van der Waals surface area contributed by atoms with E-state index < -0.39 is 40.8 Å². The van der Waals surface area contributed by atoms with E-state index in [0.29, 0.717) is 42.3 Å². The summed E-state index contributed by atoms with van der Waals surface area (Å²) in [6, 6.07) is 10.6. The normalized spacial score (nSPS) is 21.0. The summed E-state index contributed by atoms with van der Waals surface area (Å²) in [6.45, 7) is 6.86. The summed E-state index contributed by atoms with van der Waals surface area (Å²) in [5, 5.41) is 28.0. The second kappa shape index (κ2) is 15.0. The fraction of sp³-hybridized carbons (Fsp3) is 0.462. The van der Waals surface area contributed by atoms with Crippen LogP contribution < -0.4 is 19.4 Å². The number of ether oxygens (including phenoxy) is 1. The van der Waals surface area contributed by atoms with Crippen molar-refractivity contribution in [2.45, 2.75) is 88.7 Å². The lowest BCUT2D eigenvalue weighted by molar-refractivity contribution is -0.138. The van der Waals surface area contributed by atoms with Crippen LogP contribution in [0.2, 0.25) is 0 Å². The van der Waals surface area contributed by atoms with Gasteiger partial charge in [-0.3, -0.25) is 14.6 Å². The predicted octanol–water partition coefficient (Wildman–Crippen LogP) is 6.36. The van der Waals surface area contributed by atoms with Gasteiger partial charge in [-0.1, -0.05) is 0 Å². The standard InChI is InChI=1S/C39H40F3N7O6S/c1-22(2)47(25-14-28(15-25)55-27-5-6-29(34(50)51)30(17-27)35(52)53)21-23-8-12-46(13-9-23)33-7-4-24(19-45-33)49-37(56)48(36(54)38(49)10-3-11-38)26-16-31(39(40,41)42)32(18-43)44-20-26/h4-7,16-17,19-20,22-23,25,28H,3,8-15,21H2,1-2H3,(H,50,51)(H,52,53)/t25-,28-. The number of aromatic carboxylic acids is 2. The van der Waals surface area contributed by atoms with Crippen LogP contribution in [0.5, 0.6) is 5.75 Å². The third kappa shape index (κ3) is 7.11. The van der Waals surface area contributed by atoms with E-state index in [-0.39, 0.29) is 28.0 Å². The molecular formula is C39H40F3N7O6S. The van der Waals surface area contributed by atoms with Crippen LogP contribution in [0.1, 0.15) is 90.8 Å². The molecule has 2 aromatic heterocycles. The van der Waals surface area contributed by atoms with Crippen molar-refractivity contribution < 1.29 is 42.5 Å². The number of aromatic nitrogens is 2. The Kier molecular flexibility index (Phi) is 10.4. The Morgan fingerprint density at radius 2 is 1.71 bits per heavy atom. The first-order chi connectivity index (χ1) is 26.6. The summed E-state index contributed by atoms with van der Waals surface area (Å²) in [7, 11) is 0. The van der Waals surface area contributed by atoms with Gasteiger partial charge in [0, 0.05) is 44.6 Å². The number of carbonyl (C=O) groups is 3. The van der Waals surface area contributed by atoms with E-state index in [1.54, 1.807) is 11.1 Å². The second-order valence-electron chi connectivity index (χ2n) is 15.1. The molecule has 4 heterocycles. The molecule has 2 N–H and O–H groups in total. The highest BCUT2D eigenvalue weighted by atomic mass is 32.1. The molecule has 13 nitrogen and oxygen atoms in total. The number of hydrogen-bond acceptors (Lipinski definition) is 10. The highest BCUT2D eigenvalue weighted by Crippen LogP contribution is 2.48. The molecule has 3 aromatic rings. The molecule has 1 amide bonds. The molecule has 17 heteroatoms. The lowest BCUT2D eigenvalue weighted by Crippen LogP contribution is -2.55. The number of hydrogen-bond donors (Lipinski definition) is 2. The van der Waals surface area contributed by atoms with E-state index in [9.17, 15) is 43.0 Å². The van der Waals surface area contributed by atoms with Gasteiger partial charge in [0.25, 0.3) is 5.91 Å². The molecule has 0 unspecified atom stereocenters. The number of pyridine rings is 2. The number of amides is 1. The lowest BCUT2D eigenvalue weighted by atomic mass is 9.75. The summed E-state index contributed by atoms with van der Waals surface area (Å²) in [4.78, 5) is 52.8. The molecule has 7 rings (SSSR count). The molecule has 0 atom stereocenters. The monoisotopic (exact) mass is 791 g/mol. The fourth-order valence-electron chi connectivity index (χ4n) is 8.27. The van der Waals surface area contributed by atoms with Crippen LogP contribution in [0.4, 0.5) is 30.4 Å². The highest BCUT2D eigenvalue weighted by Gasteiger charge is 2.60. The van der Waals surface area contributed by atoms with Crippen LogP contribution in [0.15, 0.2) is 48.8 Å². The number of carbonyl (C=O) groups excluding carboxylic acids is 1. The molecule has 56 heavy (non-hydrogen) atoms. The van der Waals surface area contributed by atoms with E-state index in [1.807, 2.05) is 12.1 Å². The quantitative estimate of drug-likeness (QED) is 0.207. The molecule has 1 aromatic carbocycles. The zero-order valence-electron chi connectivity index (χ0n) is 30.7. The van der Waals surface area contributed by atoms with Gasteiger partial charge < -0.3 is 24.7 Å². The van der Waals surface area contributed by atoms with Gasteiger partial charge in [0.1, 0.15) is 29.3 Å². The average Bonchev–Trinajstić information content (AvgIpc) is 3.37. The average molecular weight is 792 g/mol. The number of alkyl halides is 3. The third-order valence-electron chi connectivity index (χ3n) is 11.5. The first-order valence-corrected chi connectivity index (χ1v) is 18.9. The van der Waals surface area contributed by atoms with Gasteiger partial charge in [-0.25, -0.2) is 19.6 Å². The Labute approximate surface area is 326 Å². The molecule has 2 saturated heterocycles. The van der Waals surface area contributed by atoms with Crippen molar-refractivity contribution in [2.75, 3.05) is 34.3 Å². The SMILES string of the molecule is CC(C)N(CC1CCN(c2ccc(N3C(=S)N(c4cnc(C#N)c(C(F)(F)F)c4)C(=O)C34CCC4)cn2)CC1)[C@H]1C[C@H](Oc2ccc(C(=O)O)c(C(=O)O)c2)C1. The van der Waals surface area contributed by atoms with Crippen molar-refractivity contribution in [3.05, 3.63) is 71.2 Å². The van der Waals surface area contributed by atoms with E-state index >= 15 is 0 Å². The molecule has 0 radical (unpaired) electrons. The Hall–Kier alpha value is -5.34. The van der Waals surface area contributed by atoms with Crippen molar-refractivity contribution in [1.29, 1.82) is 5.26 Å². The van der Waals surface area contributed by atoms with Crippen LogP contribution in [-0.2, 0) is 11.0 Å². The molecule has 2 aliphatic carbocycles. The van der Waals surface area contributed by atoms with E-state index in [4.69, 9.17) is 21.9 Å². The number of rotatable bonds is 11. The minimum Gasteiger partial charge on any atom is -0.490 e. The van der Waals surface area contributed by atoms with E-state index in [0.717, 1.165) is 74.7 Å². The number of halogens is 3. The number of thiocarbonyl (C=S) groups is 1. The first kappa shape index (κ1) is 38.9. The van der Waals surface area contributed by atoms with Crippen LogP contribution in [0.25, 0.3) is 0 Å². The third-order valence-corrected chi connectivity index (χ3v) is 11.9. The predicted molar refractivity (Wildman–Crippen MR) is 202 cm³/mol. The minimum atomic E-state index is -4.84. The smallest absolute Gasteiger partial charge is 0.419 e. The number of carboxylic acids is 2. The molecule has 4 aliphatic rings. The van der Waals surface area contributed by atoms with Crippen molar-refractivity contribution in [3.8, 4) is 11.8 Å². The highest BCUT2D eigenvalue weighted by molar-refractivity contribution is 7.81. The lowest BCUT2D eigenvalue weighted by Gasteiger charge is -2.46. The van der Waals surface area contributed by atoms with Crippen molar-refractivity contribution in [3.63, 3.8) is 0 Å². The Bertz CT molecular complexity index is 2090. The van der Waals surface area contributed by atoms with Crippen LogP contribution >= 0.6 is 12.2 Å². The molecule has 2 saturated carbocycles. The maximum atomic E-state index is 13.8. The van der Waals surface area contributed by atoms with Gasteiger partial charge in [0.05, 0.1) is 40.5 Å². The molecule has 1 spiro atoms. The summed E-state index contributed by atoms with van der Waals surface area (Å²) in [6.07, 6.45) is 2.96. The zero-order chi connectivity index (χ0) is 40.1. The van der Waals surface area contributed by atoms with Crippen molar-refractivity contribution in [2.24, 2.45) is 5.92 Å². The first-order valence-electron chi connectivity index (χ1n) is 18.5.